The summed E-state index contributed by atoms with van der Waals surface area (Å²) in [5.41, 5.74) is -0.666. The van der Waals surface area contributed by atoms with Gasteiger partial charge in [0, 0.05) is 0 Å². The number of hydrogen-bond acceptors (Lipinski definition) is 3. The quantitative estimate of drug-likeness (QED) is 0.729. The van der Waals surface area contributed by atoms with Gasteiger partial charge in [-0.2, -0.15) is 0 Å². The van der Waals surface area contributed by atoms with Crippen molar-refractivity contribution in [2.24, 2.45) is 5.41 Å². The minimum atomic E-state index is -0.530. The van der Waals surface area contributed by atoms with Crippen LogP contribution in [0.25, 0.3) is 0 Å². The highest BCUT2D eigenvalue weighted by Crippen LogP contribution is 2.23. The lowest BCUT2D eigenvalue weighted by Crippen LogP contribution is -2.42. The smallest absolute Gasteiger partial charge is 0.407 e. The summed E-state index contributed by atoms with van der Waals surface area (Å²) < 4.78 is 5.13. The predicted octanol–water partition coefficient (Wildman–Crippen LogP) is 2.47. The Labute approximate surface area is 104 Å². The molecule has 0 rings (SSSR count). The Morgan fingerprint density at radius 3 is 2.29 bits per heavy atom. The molecule has 17 heavy (non-hydrogen) atoms. The van der Waals surface area contributed by atoms with Crippen LogP contribution in [0.3, 0.4) is 0 Å². The molecule has 2 N–H and O–H groups in total. The molecule has 0 radical (unpaired) electrons. The number of carbonyl (C=O) groups is 1. The van der Waals surface area contributed by atoms with Crippen LogP contribution in [-0.2, 0) is 4.74 Å². The van der Waals surface area contributed by atoms with E-state index in [1.54, 1.807) is 20.8 Å². The van der Waals surface area contributed by atoms with Gasteiger partial charge in [0.1, 0.15) is 5.60 Å². The number of aliphatic hydroxyl groups is 1. The van der Waals surface area contributed by atoms with Gasteiger partial charge in [0.25, 0.3) is 0 Å². The first-order chi connectivity index (χ1) is 7.59. The van der Waals surface area contributed by atoms with Gasteiger partial charge >= 0.3 is 6.09 Å². The number of rotatable bonds is 5. The summed E-state index contributed by atoms with van der Waals surface area (Å²) in [5, 5.41) is 11.9. The van der Waals surface area contributed by atoms with Crippen molar-refractivity contribution in [3.05, 3.63) is 12.7 Å². The monoisotopic (exact) mass is 243 g/mol. The summed E-state index contributed by atoms with van der Waals surface area (Å²) in [4.78, 5) is 11.5. The van der Waals surface area contributed by atoms with Crippen molar-refractivity contribution in [2.45, 2.75) is 52.7 Å². The lowest BCUT2D eigenvalue weighted by Gasteiger charge is -2.27. The lowest BCUT2D eigenvalue weighted by molar-refractivity contribution is 0.0468. The number of carbonyl (C=O) groups excluding carboxylic acids is 1. The molecule has 0 aromatic carbocycles. The van der Waals surface area contributed by atoms with Crippen LogP contribution in [0.15, 0.2) is 12.7 Å². The fraction of sp³-hybridized carbons (Fsp3) is 0.769. The zero-order chi connectivity index (χ0) is 13.7. The number of hydrogen-bond donors (Lipinski definition) is 2. The van der Waals surface area contributed by atoms with Gasteiger partial charge in [0.15, 0.2) is 0 Å². The maximum Gasteiger partial charge on any atom is 0.407 e. The fourth-order valence-electron chi connectivity index (χ4n) is 1.35. The molecule has 0 heterocycles. The number of nitrogens with one attached hydrogen (secondary N) is 1. The van der Waals surface area contributed by atoms with Gasteiger partial charge in [-0.25, -0.2) is 4.79 Å². The Kier molecular flexibility index (Phi) is 5.69. The highest BCUT2D eigenvalue weighted by Gasteiger charge is 2.23. The molecule has 0 saturated carbocycles. The van der Waals surface area contributed by atoms with Crippen LogP contribution in [0.4, 0.5) is 4.79 Å². The minimum absolute atomic E-state index is 0.115. The van der Waals surface area contributed by atoms with Crippen molar-refractivity contribution in [2.75, 3.05) is 6.61 Å². The van der Waals surface area contributed by atoms with Crippen molar-refractivity contribution in [3.8, 4) is 0 Å². The molecule has 100 valence electrons. The van der Waals surface area contributed by atoms with Gasteiger partial charge in [-0.15, -0.1) is 6.58 Å². The van der Waals surface area contributed by atoms with E-state index in [-0.39, 0.29) is 18.1 Å². The molecule has 4 nitrogen and oxygen atoms in total. The predicted molar refractivity (Wildman–Crippen MR) is 68.8 cm³/mol. The maximum absolute atomic E-state index is 11.5. The molecule has 0 aromatic rings. The molecule has 0 bridgehead atoms. The van der Waals surface area contributed by atoms with E-state index in [4.69, 9.17) is 4.74 Å². The summed E-state index contributed by atoms with van der Waals surface area (Å²) in [6, 6.07) is -0.321. The average molecular weight is 243 g/mol. The van der Waals surface area contributed by atoms with E-state index in [1.165, 1.54) is 0 Å². The van der Waals surface area contributed by atoms with Gasteiger partial charge in [0.2, 0.25) is 0 Å². The maximum atomic E-state index is 11.5. The molecule has 1 amide bonds. The summed E-state index contributed by atoms with van der Waals surface area (Å²) in [5.74, 6) is 0. The SMILES string of the molecule is C=CC(C)(C)C[C@@H](CO)NC(=O)OC(C)(C)C. The van der Waals surface area contributed by atoms with Gasteiger partial charge in [0.05, 0.1) is 12.6 Å². The largest absolute Gasteiger partial charge is 0.444 e. The van der Waals surface area contributed by atoms with E-state index in [0.717, 1.165) is 0 Å². The van der Waals surface area contributed by atoms with E-state index in [2.05, 4.69) is 11.9 Å². The normalized spacial score (nSPS) is 14.0. The van der Waals surface area contributed by atoms with Gasteiger partial charge < -0.3 is 15.2 Å². The van der Waals surface area contributed by atoms with Crippen LogP contribution in [0.2, 0.25) is 0 Å². The molecule has 4 heteroatoms. The first kappa shape index (κ1) is 16.0. The standard InChI is InChI=1S/C13H25NO3/c1-7-13(5,6)8-10(9-15)14-11(16)17-12(2,3)4/h7,10,15H,1,8-9H2,2-6H3,(H,14,16)/t10-/m0/s1. The third-order valence-corrected chi connectivity index (χ3v) is 2.27. The van der Waals surface area contributed by atoms with E-state index in [9.17, 15) is 9.90 Å². The summed E-state index contributed by atoms with van der Waals surface area (Å²) >= 11 is 0. The molecular weight excluding hydrogens is 218 g/mol. The molecule has 0 aliphatic heterocycles. The third kappa shape index (κ3) is 7.80. The van der Waals surface area contributed by atoms with Crippen molar-refractivity contribution >= 4 is 6.09 Å². The Balaban J connectivity index is 4.32. The van der Waals surface area contributed by atoms with Gasteiger partial charge in [-0.1, -0.05) is 19.9 Å². The van der Waals surface area contributed by atoms with E-state index >= 15 is 0 Å². The second-order valence-electron chi connectivity index (χ2n) is 5.92. The molecule has 0 spiro atoms. The van der Waals surface area contributed by atoms with Crippen LogP contribution in [0.5, 0.6) is 0 Å². The Morgan fingerprint density at radius 2 is 1.94 bits per heavy atom. The van der Waals surface area contributed by atoms with Crippen LogP contribution >= 0.6 is 0 Å². The molecule has 0 aliphatic rings. The summed E-state index contributed by atoms with van der Waals surface area (Å²) in [6.07, 6.45) is 1.93. The van der Waals surface area contributed by atoms with Gasteiger partial charge in [-0.05, 0) is 32.6 Å². The minimum Gasteiger partial charge on any atom is -0.444 e. The first-order valence-corrected chi connectivity index (χ1v) is 5.83. The number of alkyl carbamates (subject to hydrolysis) is 1. The molecule has 0 saturated heterocycles. The number of amides is 1. The Bertz CT molecular complexity index is 266. The Morgan fingerprint density at radius 1 is 1.41 bits per heavy atom. The molecule has 0 unspecified atom stereocenters. The highest BCUT2D eigenvalue weighted by molar-refractivity contribution is 5.68. The van der Waals surface area contributed by atoms with E-state index in [1.807, 2.05) is 19.9 Å². The van der Waals surface area contributed by atoms with Crippen molar-refractivity contribution < 1.29 is 14.6 Å². The van der Waals surface area contributed by atoms with E-state index < -0.39 is 11.7 Å². The second kappa shape index (κ2) is 6.05. The fourth-order valence-corrected chi connectivity index (χ4v) is 1.35. The molecule has 0 aromatic heterocycles. The lowest BCUT2D eigenvalue weighted by atomic mass is 9.86. The zero-order valence-electron chi connectivity index (χ0n) is 11.5. The van der Waals surface area contributed by atoms with Crippen LogP contribution in [0.1, 0.15) is 41.0 Å². The third-order valence-electron chi connectivity index (χ3n) is 2.27. The van der Waals surface area contributed by atoms with E-state index in [0.29, 0.717) is 6.42 Å². The second-order valence-corrected chi connectivity index (χ2v) is 5.92. The highest BCUT2D eigenvalue weighted by atomic mass is 16.6. The number of ether oxygens (including phenoxy) is 1. The Hall–Kier alpha value is -1.03. The average Bonchev–Trinajstić information content (AvgIpc) is 2.13. The number of aliphatic hydroxyl groups excluding tert-OH is 1. The number of allylic oxidation sites excluding steroid dienone is 1. The van der Waals surface area contributed by atoms with Crippen LogP contribution < -0.4 is 5.32 Å². The topological polar surface area (TPSA) is 58.6 Å². The van der Waals surface area contributed by atoms with Crippen molar-refractivity contribution in [1.82, 2.24) is 5.32 Å². The summed E-state index contributed by atoms with van der Waals surface area (Å²) in [7, 11) is 0. The van der Waals surface area contributed by atoms with Crippen LogP contribution in [-0.4, -0.2) is 29.4 Å². The molecule has 0 fully saturated rings. The van der Waals surface area contributed by atoms with Crippen LogP contribution in [0, 0.1) is 5.41 Å². The molecule has 1 atom stereocenters. The van der Waals surface area contributed by atoms with Crippen molar-refractivity contribution in [3.63, 3.8) is 0 Å². The molecular formula is C13H25NO3. The molecule has 0 aliphatic carbocycles. The van der Waals surface area contributed by atoms with Gasteiger partial charge in [-0.3, -0.25) is 0 Å². The van der Waals surface area contributed by atoms with Crippen molar-refractivity contribution in [1.29, 1.82) is 0 Å². The zero-order valence-corrected chi connectivity index (χ0v) is 11.5. The first-order valence-electron chi connectivity index (χ1n) is 5.83. The summed E-state index contributed by atoms with van der Waals surface area (Å²) in [6.45, 7) is 13.0.